The number of phenolic OH excluding ortho intramolecular Hbond substituents is 1. The summed E-state index contributed by atoms with van der Waals surface area (Å²) in [6.07, 6.45) is 0. The van der Waals surface area contributed by atoms with Crippen LogP contribution in [0.4, 0.5) is 11.4 Å². The van der Waals surface area contributed by atoms with Crippen LogP contribution in [-0.2, 0) is 4.79 Å². The normalized spacial score (nSPS) is 10.0. The minimum Gasteiger partial charge on any atom is -0.506 e. The molecule has 0 bridgehead atoms. The van der Waals surface area contributed by atoms with Gasteiger partial charge in [-0.3, -0.25) is 14.9 Å². The molecule has 0 aliphatic rings. The Balaban J connectivity index is 1.98. The molecule has 0 unspecified atom stereocenters. The van der Waals surface area contributed by atoms with E-state index in [1.54, 1.807) is 12.1 Å². The van der Waals surface area contributed by atoms with Gasteiger partial charge in [-0.25, -0.2) is 0 Å². The third kappa shape index (κ3) is 4.32. The average molecular weight is 414 g/mol. The number of carbonyl (C=O) groups is 1. The van der Waals surface area contributed by atoms with Crippen molar-refractivity contribution in [2.45, 2.75) is 0 Å². The first-order chi connectivity index (χ1) is 10.5. The summed E-state index contributed by atoms with van der Waals surface area (Å²) in [5.74, 6) is -0.263. The number of nitrogens with zero attached hydrogens (tertiary/aromatic N) is 1. The van der Waals surface area contributed by atoms with Gasteiger partial charge < -0.3 is 15.2 Å². The van der Waals surface area contributed by atoms with Crippen molar-refractivity contribution in [3.63, 3.8) is 0 Å². The zero-order chi connectivity index (χ0) is 16.1. The van der Waals surface area contributed by atoms with Gasteiger partial charge in [0, 0.05) is 15.7 Å². The van der Waals surface area contributed by atoms with Crippen LogP contribution in [0.2, 0.25) is 0 Å². The molecule has 2 N–H and O–H groups in total. The molecule has 0 fully saturated rings. The number of nitro groups is 1. The Bertz CT molecular complexity index is 703. The number of halogens is 1. The van der Waals surface area contributed by atoms with Gasteiger partial charge in [0.1, 0.15) is 11.5 Å². The lowest BCUT2D eigenvalue weighted by molar-refractivity contribution is -0.384. The summed E-state index contributed by atoms with van der Waals surface area (Å²) in [5.41, 5.74) is -0.267. The highest BCUT2D eigenvalue weighted by molar-refractivity contribution is 14.1. The van der Waals surface area contributed by atoms with Crippen molar-refractivity contribution in [2.24, 2.45) is 0 Å². The van der Waals surface area contributed by atoms with Crippen LogP contribution in [0.25, 0.3) is 0 Å². The number of hydrogen-bond acceptors (Lipinski definition) is 5. The van der Waals surface area contributed by atoms with Crippen molar-refractivity contribution in [2.75, 3.05) is 11.9 Å². The van der Waals surface area contributed by atoms with Gasteiger partial charge in [-0.1, -0.05) is 0 Å². The van der Waals surface area contributed by atoms with Gasteiger partial charge in [-0.2, -0.15) is 0 Å². The molecular formula is C14H11IN2O5. The summed E-state index contributed by atoms with van der Waals surface area (Å²) in [4.78, 5) is 21.8. The number of aromatic hydroxyl groups is 1. The smallest absolute Gasteiger partial charge is 0.271 e. The van der Waals surface area contributed by atoms with Gasteiger partial charge in [0.2, 0.25) is 0 Å². The molecule has 2 rings (SSSR count). The Hall–Kier alpha value is -2.36. The van der Waals surface area contributed by atoms with Crippen LogP contribution >= 0.6 is 22.6 Å². The minimum absolute atomic E-state index is 0.0367. The molecule has 0 saturated heterocycles. The fraction of sp³-hybridized carbons (Fsp3) is 0.0714. The lowest BCUT2D eigenvalue weighted by atomic mass is 10.2. The zero-order valence-corrected chi connectivity index (χ0v) is 13.3. The highest BCUT2D eigenvalue weighted by atomic mass is 127. The molecule has 0 heterocycles. The summed E-state index contributed by atoms with van der Waals surface area (Å²) >= 11 is 2.15. The van der Waals surface area contributed by atoms with Crippen molar-refractivity contribution < 1.29 is 19.6 Å². The van der Waals surface area contributed by atoms with Crippen molar-refractivity contribution in [1.82, 2.24) is 0 Å². The molecule has 8 heteroatoms. The maximum Gasteiger partial charge on any atom is 0.271 e. The summed E-state index contributed by atoms with van der Waals surface area (Å²) in [6, 6.07) is 10.5. The molecule has 0 atom stereocenters. The third-order valence-corrected chi connectivity index (χ3v) is 3.37. The maximum atomic E-state index is 11.8. The molecule has 0 saturated carbocycles. The molecule has 2 aromatic carbocycles. The zero-order valence-electron chi connectivity index (χ0n) is 11.2. The molecule has 1 amide bonds. The Morgan fingerprint density at radius 3 is 2.59 bits per heavy atom. The third-order valence-electron chi connectivity index (χ3n) is 2.65. The van der Waals surface area contributed by atoms with E-state index in [0.717, 1.165) is 21.8 Å². The number of anilines is 1. The Morgan fingerprint density at radius 1 is 1.27 bits per heavy atom. The van der Waals surface area contributed by atoms with E-state index >= 15 is 0 Å². The van der Waals surface area contributed by atoms with E-state index in [2.05, 4.69) is 27.9 Å². The van der Waals surface area contributed by atoms with Gasteiger partial charge in [0.05, 0.1) is 10.6 Å². The van der Waals surface area contributed by atoms with E-state index in [4.69, 9.17) is 4.74 Å². The van der Waals surface area contributed by atoms with Gasteiger partial charge in [0.15, 0.2) is 6.61 Å². The van der Waals surface area contributed by atoms with Crippen LogP contribution in [0.3, 0.4) is 0 Å². The van der Waals surface area contributed by atoms with Crippen LogP contribution in [0.5, 0.6) is 11.5 Å². The molecule has 2 aromatic rings. The molecule has 114 valence electrons. The summed E-state index contributed by atoms with van der Waals surface area (Å²) in [5, 5.41) is 22.6. The number of hydrogen-bond donors (Lipinski definition) is 2. The van der Waals surface area contributed by atoms with Crippen LogP contribution < -0.4 is 10.1 Å². The molecule has 0 aromatic heterocycles. The molecule has 22 heavy (non-hydrogen) atoms. The summed E-state index contributed by atoms with van der Waals surface area (Å²) in [7, 11) is 0. The van der Waals surface area contributed by atoms with Crippen molar-refractivity contribution in [3.8, 4) is 11.5 Å². The number of benzene rings is 2. The first kappa shape index (κ1) is 16.0. The standard InChI is InChI=1S/C14H11IN2O5/c15-9-1-4-11(5-2-9)22-8-14(19)16-12-7-10(17(20)21)3-6-13(12)18/h1-7,18H,8H2,(H,16,19). The number of phenols is 1. The van der Waals surface area contributed by atoms with Crippen LogP contribution in [0, 0.1) is 13.7 Å². The summed E-state index contributed by atoms with van der Waals surface area (Å²) < 4.78 is 6.32. The van der Waals surface area contributed by atoms with E-state index in [1.807, 2.05) is 12.1 Å². The van der Waals surface area contributed by atoms with Gasteiger partial charge in [-0.05, 0) is 52.9 Å². The number of amides is 1. The molecule has 0 aliphatic heterocycles. The van der Waals surface area contributed by atoms with Crippen molar-refractivity contribution >= 4 is 39.9 Å². The van der Waals surface area contributed by atoms with E-state index in [-0.39, 0.29) is 23.7 Å². The maximum absolute atomic E-state index is 11.8. The molecule has 0 spiro atoms. The Labute approximate surface area is 139 Å². The fourth-order valence-corrected chi connectivity index (χ4v) is 1.96. The van der Waals surface area contributed by atoms with E-state index in [0.29, 0.717) is 5.75 Å². The number of nitrogens with one attached hydrogen (secondary N) is 1. The second kappa shape index (κ2) is 7.07. The Morgan fingerprint density at radius 2 is 1.95 bits per heavy atom. The monoisotopic (exact) mass is 414 g/mol. The van der Waals surface area contributed by atoms with Crippen LogP contribution in [0.1, 0.15) is 0 Å². The highest BCUT2D eigenvalue weighted by Gasteiger charge is 2.13. The predicted octanol–water partition coefficient (Wildman–Crippen LogP) is 2.92. The first-order valence-electron chi connectivity index (χ1n) is 6.11. The Kier molecular flexibility index (Phi) is 5.15. The van der Waals surface area contributed by atoms with E-state index in [9.17, 15) is 20.0 Å². The molecule has 0 aliphatic carbocycles. The number of rotatable bonds is 5. The van der Waals surface area contributed by atoms with Crippen molar-refractivity contribution in [3.05, 3.63) is 56.1 Å². The number of nitro benzene ring substituents is 1. The van der Waals surface area contributed by atoms with Crippen LogP contribution in [0.15, 0.2) is 42.5 Å². The molecule has 0 radical (unpaired) electrons. The molecule has 7 nitrogen and oxygen atoms in total. The largest absolute Gasteiger partial charge is 0.506 e. The highest BCUT2D eigenvalue weighted by Crippen LogP contribution is 2.27. The topological polar surface area (TPSA) is 102 Å². The lowest BCUT2D eigenvalue weighted by Crippen LogP contribution is -2.20. The predicted molar refractivity (Wildman–Crippen MR) is 88.0 cm³/mol. The fourth-order valence-electron chi connectivity index (χ4n) is 1.60. The van der Waals surface area contributed by atoms with Gasteiger partial charge in [0.25, 0.3) is 11.6 Å². The second-order valence-electron chi connectivity index (χ2n) is 4.25. The SMILES string of the molecule is O=C(COc1ccc(I)cc1)Nc1cc([N+](=O)[O-])ccc1O. The summed E-state index contributed by atoms with van der Waals surface area (Å²) in [6.45, 7) is -0.275. The van der Waals surface area contributed by atoms with Crippen LogP contribution in [-0.4, -0.2) is 22.5 Å². The van der Waals surface area contributed by atoms with Crippen molar-refractivity contribution in [1.29, 1.82) is 0 Å². The van der Waals surface area contributed by atoms with Gasteiger partial charge in [-0.15, -0.1) is 0 Å². The number of non-ortho nitro benzene ring substituents is 1. The number of ether oxygens (including phenoxy) is 1. The second-order valence-corrected chi connectivity index (χ2v) is 5.49. The number of carbonyl (C=O) groups excluding carboxylic acids is 1. The van der Waals surface area contributed by atoms with Gasteiger partial charge >= 0.3 is 0 Å². The minimum atomic E-state index is -0.614. The van der Waals surface area contributed by atoms with E-state index < -0.39 is 10.8 Å². The van der Waals surface area contributed by atoms with E-state index in [1.165, 1.54) is 0 Å². The first-order valence-corrected chi connectivity index (χ1v) is 7.19. The average Bonchev–Trinajstić information content (AvgIpc) is 2.48. The lowest BCUT2D eigenvalue weighted by Gasteiger charge is -2.08. The quantitative estimate of drug-likeness (QED) is 0.339. The molecular weight excluding hydrogens is 403 g/mol.